The Bertz CT molecular complexity index is 334. The van der Waals surface area contributed by atoms with E-state index < -0.39 is 0 Å². The summed E-state index contributed by atoms with van der Waals surface area (Å²) in [6, 6.07) is 0. The maximum atomic E-state index is 11.3. The van der Waals surface area contributed by atoms with E-state index in [-0.39, 0.29) is 5.56 Å². The van der Waals surface area contributed by atoms with Crippen LogP contribution in [0.15, 0.2) is 11.0 Å². The average Bonchev–Trinajstić information content (AvgIpc) is 2.06. The lowest BCUT2D eigenvalue weighted by atomic mass is 10.4. The van der Waals surface area contributed by atoms with E-state index in [1.54, 1.807) is 7.05 Å². The van der Waals surface area contributed by atoms with E-state index in [9.17, 15) is 4.79 Å². The Labute approximate surface area is 75.2 Å². The van der Waals surface area contributed by atoms with Crippen LogP contribution in [0.3, 0.4) is 0 Å². The number of aryl methyl sites for hydroxylation is 1. The highest BCUT2D eigenvalue weighted by Crippen LogP contribution is 2.13. The van der Waals surface area contributed by atoms with Crippen LogP contribution in [-0.2, 0) is 7.05 Å². The second-order valence-electron chi connectivity index (χ2n) is 2.33. The van der Waals surface area contributed by atoms with Crippen LogP contribution in [0.5, 0.6) is 0 Å². The van der Waals surface area contributed by atoms with Crippen molar-refractivity contribution in [2.24, 2.45) is 7.05 Å². The first-order chi connectivity index (χ1) is 5.66. The first-order valence-electron chi connectivity index (χ1n) is 3.62. The van der Waals surface area contributed by atoms with Gasteiger partial charge in [0.1, 0.15) is 5.69 Å². The summed E-state index contributed by atoms with van der Waals surface area (Å²) in [5, 5.41) is 6.99. The van der Waals surface area contributed by atoms with Gasteiger partial charge in [0.2, 0.25) is 0 Å². The highest BCUT2D eigenvalue weighted by atomic mass is 35.5. The molecule has 0 aliphatic heterocycles. The lowest BCUT2D eigenvalue weighted by Crippen LogP contribution is -2.23. The maximum Gasteiger partial charge on any atom is 0.291 e. The third-order valence-electron chi connectivity index (χ3n) is 1.44. The number of hydrogen-bond donors (Lipinski definition) is 1. The molecule has 0 saturated carbocycles. The minimum absolute atomic E-state index is 0.204. The SMILES string of the molecule is CCNc1c(Cl)cnn(C)c1=O. The standard InChI is InChI=1S/C7H10ClN3O/c1-3-9-6-5(8)4-10-11(2)7(6)12/h4,9H,3H2,1-2H3. The van der Waals surface area contributed by atoms with Crippen molar-refractivity contribution >= 4 is 17.3 Å². The Morgan fingerprint density at radius 2 is 2.42 bits per heavy atom. The summed E-state index contributed by atoms with van der Waals surface area (Å²) >= 11 is 5.74. The fourth-order valence-corrected chi connectivity index (χ4v) is 1.05. The lowest BCUT2D eigenvalue weighted by Gasteiger charge is -2.05. The van der Waals surface area contributed by atoms with Gasteiger partial charge in [-0.05, 0) is 6.92 Å². The van der Waals surface area contributed by atoms with E-state index in [1.165, 1.54) is 10.9 Å². The van der Waals surface area contributed by atoms with Crippen molar-refractivity contribution in [1.29, 1.82) is 0 Å². The second-order valence-corrected chi connectivity index (χ2v) is 2.73. The van der Waals surface area contributed by atoms with Crippen molar-refractivity contribution in [2.75, 3.05) is 11.9 Å². The summed E-state index contributed by atoms with van der Waals surface area (Å²) in [6.07, 6.45) is 1.45. The molecule has 1 aromatic rings. The van der Waals surface area contributed by atoms with Gasteiger partial charge in [-0.3, -0.25) is 4.79 Å². The van der Waals surface area contributed by atoms with Gasteiger partial charge in [-0.25, -0.2) is 4.68 Å². The van der Waals surface area contributed by atoms with E-state index in [1.807, 2.05) is 6.92 Å². The van der Waals surface area contributed by atoms with Crippen molar-refractivity contribution in [1.82, 2.24) is 9.78 Å². The van der Waals surface area contributed by atoms with Crippen molar-refractivity contribution in [3.63, 3.8) is 0 Å². The van der Waals surface area contributed by atoms with Gasteiger partial charge in [-0.2, -0.15) is 5.10 Å². The molecule has 0 radical (unpaired) electrons. The highest BCUT2D eigenvalue weighted by Gasteiger charge is 2.05. The number of hydrogen-bond acceptors (Lipinski definition) is 3. The molecule has 1 N–H and O–H groups in total. The first-order valence-corrected chi connectivity index (χ1v) is 4.00. The fraction of sp³-hybridized carbons (Fsp3) is 0.429. The van der Waals surface area contributed by atoms with Crippen LogP contribution in [0.1, 0.15) is 6.92 Å². The van der Waals surface area contributed by atoms with Gasteiger partial charge in [0.25, 0.3) is 5.56 Å². The molecule has 66 valence electrons. The van der Waals surface area contributed by atoms with Crippen molar-refractivity contribution in [3.8, 4) is 0 Å². The van der Waals surface area contributed by atoms with Crippen LogP contribution in [-0.4, -0.2) is 16.3 Å². The minimum Gasteiger partial charge on any atom is -0.380 e. The number of aromatic nitrogens is 2. The molecule has 0 aliphatic rings. The van der Waals surface area contributed by atoms with Gasteiger partial charge in [0, 0.05) is 13.6 Å². The predicted molar refractivity (Wildman–Crippen MR) is 48.7 cm³/mol. The molecule has 0 fully saturated rings. The van der Waals surface area contributed by atoms with E-state index >= 15 is 0 Å². The Kier molecular flexibility index (Phi) is 2.70. The summed E-state index contributed by atoms with van der Waals surface area (Å²) in [4.78, 5) is 11.3. The monoisotopic (exact) mass is 187 g/mol. The van der Waals surface area contributed by atoms with Gasteiger partial charge < -0.3 is 5.32 Å². The zero-order valence-electron chi connectivity index (χ0n) is 6.97. The average molecular weight is 188 g/mol. The van der Waals surface area contributed by atoms with Crippen LogP contribution in [0.25, 0.3) is 0 Å². The van der Waals surface area contributed by atoms with Crippen molar-refractivity contribution in [3.05, 3.63) is 21.6 Å². The Hall–Kier alpha value is -1.03. The molecule has 1 aromatic heterocycles. The topological polar surface area (TPSA) is 46.9 Å². The van der Waals surface area contributed by atoms with Crippen molar-refractivity contribution < 1.29 is 0 Å². The van der Waals surface area contributed by atoms with E-state index in [2.05, 4.69) is 10.4 Å². The number of halogens is 1. The first kappa shape index (κ1) is 9.06. The highest BCUT2D eigenvalue weighted by molar-refractivity contribution is 6.32. The molecule has 4 nitrogen and oxygen atoms in total. The maximum absolute atomic E-state index is 11.3. The molecule has 5 heteroatoms. The summed E-state index contributed by atoms with van der Waals surface area (Å²) < 4.78 is 1.24. The van der Waals surface area contributed by atoms with Gasteiger partial charge in [-0.1, -0.05) is 11.6 Å². The van der Waals surface area contributed by atoms with E-state index in [4.69, 9.17) is 11.6 Å². The van der Waals surface area contributed by atoms with Crippen LogP contribution in [0.4, 0.5) is 5.69 Å². The quantitative estimate of drug-likeness (QED) is 0.747. The molecule has 0 atom stereocenters. The number of nitrogens with zero attached hydrogens (tertiary/aromatic N) is 2. The Balaban J connectivity index is 3.24. The number of rotatable bonds is 2. The van der Waals surface area contributed by atoms with E-state index in [0.29, 0.717) is 17.3 Å². The molecule has 0 spiro atoms. The molecular formula is C7H10ClN3O. The second kappa shape index (κ2) is 3.58. The lowest BCUT2D eigenvalue weighted by molar-refractivity contribution is 0.709. The molecule has 1 heterocycles. The van der Waals surface area contributed by atoms with Gasteiger partial charge >= 0.3 is 0 Å². The Morgan fingerprint density at radius 3 is 3.00 bits per heavy atom. The molecular weight excluding hydrogens is 178 g/mol. The molecule has 1 rings (SSSR count). The largest absolute Gasteiger partial charge is 0.380 e. The zero-order valence-corrected chi connectivity index (χ0v) is 7.72. The molecule has 0 bridgehead atoms. The van der Waals surface area contributed by atoms with Crippen LogP contribution >= 0.6 is 11.6 Å². The van der Waals surface area contributed by atoms with Gasteiger partial charge in [-0.15, -0.1) is 0 Å². The summed E-state index contributed by atoms with van der Waals surface area (Å²) in [5.74, 6) is 0. The third-order valence-corrected chi connectivity index (χ3v) is 1.73. The van der Waals surface area contributed by atoms with Crippen LogP contribution in [0, 0.1) is 0 Å². The predicted octanol–water partition coefficient (Wildman–Crippen LogP) is 0.865. The Morgan fingerprint density at radius 1 is 1.75 bits per heavy atom. The molecule has 0 aliphatic carbocycles. The molecule has 0 amide bonds. The van der Waals surface area contributed by atoms with Crippen molar-refractivity contribution in [2.45, 2.75) is 6.92 Å². The zero-order chi connectivity index (χ0) is 9.14. The minimum atomic E-state index is -0.204. The van der Waals surface area contributed by atoms with Crippen LogP contribution in [0.2, 0.25) is 5.02 Å². The molecule has 0 saturated heterocycles. The smallest absolute Gasteiger partial charge is 0.291 e. The summed E-state index contributed by atoms with van der Waals surface area (Å²) in [6.45, 7) is 2.56. The normalized spacial score (nSPS) is 9.92. The fourth-order valence-electron chi connectivity index (χ4n) is 0.855. The third kappa shape index (κ3) is 1.58. The van der Waals surface area contributed by atoms with Gasteiger partial charge in [0.05, 0.1) is 11.2 Å². The molecule has 0 unspecified atom stereocenters. The summed E-state index contributed by atoms with van der Waals surface area (Å²) in [5.41, 5.74) is 0.209. The number of anilines is 1. The number of nitrogens with one attached hydrogen (secondary N) is 1. The van der Waals surface area contributed by atoms with Gasteiger partial charge in [0.15, 0.2) is 0 Å². The molecule has 12 heavy (non-hydrogen) atoms. The summed E-state index contributed by atoms with van der Waals surface area (Å²) in [7, 11) is 1.58. The molecule has 0 aromatic carbocycles. The van der Waals surface area contributed by atoms with Crippen LogP contribution < -0.4 is 10.9 Å². The van der Waals surface area contributed by atoms with E-state index in [0.717, 1.165) is 0 Å².